The van der Waals surface area contributed by atoms with Crippen molar-refractivity contribution in [3.05, 3.63) is 70.6 Å². The van der Waals surface area contributed by atoms with Crippen molar-refractivity contribution in [3.63, 3.8) is 0 Å². The van der Waals surface area contributed by atoms with Crippen molar-refractivity contribution in [2.24, 2.45) is 0 Å². The molecule has 1 aromatic carbocycles. The number of aromatic nitrogens is 2. The van der Waals surface area contributed by atoms with E-state index in [1.54, 1.807) is 0 Å². The van der Waals surface area contributed by atoms with Gasteiger partial charge in [0, 0.05) is 16.8 Å². The van der Waals surface area contributed by atoms with E-state index in [0.29, 0.717) is 5.56 Å². The van der Waals surface area contributed by atoms with Crippen molar-refractivity contribution in [2.75, 3.05) is 0 Å². The Hall–Kier alpha value is -2.83. The Kier molecular flexibility index (Phi) is 2.72. The Morgan fingerprint density at radius 1 is 1.32 bits per heavy atom. The number of pyridine rings is 1. The first-order valence-electron chi connectivity index (χ1n) is 10.2. The van der Waals surface area contributed by atoms with Gasteiger partial charge in [-0.3, -0.25) is 9.20 Å². The van der Waals surface area contributed by atoms with Crippen molar-refractivity contribution in [1.82, 2.24) is 14.7 Å². The summed E-state index contributed by atoms with van der Waals surface area (Å²) in [6.07, 6.45) is -5.14. The van der Waals surface area contributed by atoms with E-state index >= 15 is 0 Å². The van der Waals surface area contributed by atoms with Gasteiger partial charge >= 0.3 is 6.18 Å². The van der Waals surface area contributed by atoms with Gasteiger partial charge in [-0.15, -0.1) is 0 Å². The summed E-state index contributed by atoms with van der Waals surface area (Å²) in [6.45, 7) is -1.56. The third-order valence-corrected chi connectivity index (χ3v) is 3.52. The molecule has 0 radical (unpaired) electrons. The van der Waals surface area contributed by atoms with Crippen LogP contribution >= 0.6 is 0 Å². The topological polar surface area (TPSA) is 46.4 Å². The van der Waals surface area contributed by atoms with Gasteiger partial charge in [-0.25, -0.2) is 4.98 Å². The highest BCUT2D eigenvalue weighted by Crippen LogP contribution is 2.29. The number of fused-ring (bicyclic) bond motifs is 1. The first kappa shape index (κ1) is 10.9. The molecule has 3 rings (SSSR count). The minimum Gasteiger partial charge on any atom is -0.347 e. The maximum Gasteiger partial charge on any atom is 0.416 e. The smallest absolute Gasteiger partial charge is 0.347 e. The van der Waals surface area contributed by atoms with E-state index in [1.807, 2.05) is 0 Å². The molecule has 0 aliphatic carbocycles. The molecule has 0 aliphatic rings. The maximum absolute atomic E-state index is 12.8. The molecule has 0 aliphatic heterocycles. The molecule has 3 aromatic rings. The molecule has 1 amide bonds. The van der Waals surface area contributed by atoms with Gasteiger partial charge in [0.2, 0.25) is 0 Å². The fourth-order valence-corrected chi connectivity index (χ4v) is 2.32. The fraction of sp³-hybridized carbons (Fsp3) is 0.222. The zero-order valence-corrected chi connectivity index (χ0v) is 13.0. The summed E-state index contributed by atoms with van der Waals surface area (Å²) >= 11 is 0. The SMILES string of the molecule is [2H]c1c(C([2H])([2H])[2H])c([2H])n2c(C(=O)NCc3ccc(C(F)(F)F)cc3)c(C)nc2c1[2H]. The fourth-order valence-electron chi connectivity index (χ4n) is 2.32. The van der Waals surface area contributed by atoms with Crippen LogP contribution in [0.2, 0.25) is 0 Å². The Bertz CT molecular complexity index is 1170. The molecule has 4 nitrogen and oxygen atoms in total. The molecule has 0 atom stereocenters. The zero-order chi connectivity index (χ0) is 23.3. The molecular formula is C18H16F3N3O. The lowest BCUT2D eigenvalue weighted by molar-refractivity contribution is -0.137. The van der Waals surface area contributed by atoms with E-state index < -0.39 is 48.3 Å². The molecule has 0 saturated heterocycles. The summed E-state index contributed by atoms with van der Waals surface area (Å²) in [5, 5.41) is 2.50. The van der Waals surface area contributed by atoms with Crippen LogP contribution in [0.25, 0.3) is 5.65 Å². The van der Waals surface area contributed by atoms with Gasteiger partial charge in [0.25, 0.3) is 5.91 Å². The van der Waals surface area contributed by atoms with Crippen molar-refractivity contribution in [2.45, 2.75) is 26.5 Å². The average molecular weight is 353 g/mol. The Morgan fingerprint density at radius 3 is 2.68 bits per heavy atom. The molecule has 0 fully saturated rings. The highest BCUT2D eigenvalue weighted by molar-refractivity contribution is 5.94. The van der Waals surface area contributed by atoms with Gasteiger partial charge in [0.1, 0.15) is 11.3 Å². The van der Waals surface area contributed by atoms with Crippen molar-refractivity contribution >= 4 is 11.6 Å². The van der Waals surface area contributed by atoms with Crippen LogP contribution in [0.3, 0.4) is 0 Å². The summed E-state index contributed by atoms with van der Waals surface area (Å²) in [6, 6.07) is 2.98. The second kappa shape index (κ2) is 6.23. The largest absolute Gasteiger partial charge is 0.416 e. The zero-order valence-electron chi connectivity index (χ0n) is 19.0. The average Bonchev–Trinajstić information content (AvgIpc) is 3.00. The van der Waals surface area contributed by atoms with E-state index in [4.69, 9.17) is 8.22 Å². The van der Waals surface area contributed by atoms with E-state index in [0.717, 1.165) is 16.5 Å². The van der Waals surface area contributed by atoms with Gasteiger partial charge in [-0.1, -0.05) is 18.2 Å². The molecule has 7 heteroatoms. The van der Waals surface area contributed by atoms with E-state index in [1.165, 1.54) is 19.1 Å². The normalized spacial score (nSPS) is 15.7. The lowest BCUT2D eigenvalue weighted by Crippen LogP contribution is -2.25. The highest BCUT2D eigenvalue weighted by Gasteiger charge is 2.29. The number of benzene rings is 1. The first-order chi connectivity index (χ1) is 14.2. The minimum atomic E-state index is -4.48. The quantitative estimate of drug-likeness (QED) is 0.776. The van der Waals surface area contributed by atoms with Crippen LogP contribution in [0.5, 0.6) is 0 Å². The van der Waals surface area contributed by atoms with Crippen LogP contribution < -0.4 is 5.32 Å². The number of nitrogens with zero attached hydrogens (tertiary/aromatic N) is 2. The predicted molar refractivity (Wildman–Crippen MR) is 87.3 cm³/mol. The van der Waals surface area contributed by atoms with Crippen LogP contribution in [0.4, 0.5) is 13.2 Å². The number of hydrogen-bond acceptors (Lipinski definition) is 2. The number of hydrogen-bond donors (Lipinski definition) is 1. The second-order valence-corrected chi connectivity index (χ2v) is 5.32. The van der Waals surface area contributed by atoms with Crippen LogP contribution in [0.15, 0.2) is 42.5 Å². The monoisotopic (exact) mass is 353 g/mol. The molecule has 0 unspecified atom stereocenters. The standard InChI is InChI=1S/C18H16F3N3O/c1-11-3-8-15-23-12(2)16(24(15)10-11)17(25)22-9-13-4-6-14(7-5-13)18(19,20)21/h3-8,10H,9H2,1-2H3,(H,22,25)/i1D3,3D,8D,10D. The lowest BCUT2D eigenvalue weighted by Gasteiger charge is -2.09. The molecule has 0 spiro atoms. The molecule has 25 heavy (non-hydrogen) atoms. The third-order valence-electron chi connectivity index (χ3n) is 3.52. The number of imidazole rings is 1. The summed E-state index contributed by atoms with van der Waals surface area (Å²) in [4.78, 5) is 16.8. The number of rotatable bonds is 3. The van der Waals surface area contributed by atoms with Gasteiger partial charge in [0.05, 0.1) is 15.4 Å². The molecule has 2 aromatic heterocycles. The second-order valence-electron chi connectivity index (χ2n) is 5.32. The third kappa shape index (κ3) is 3.50. The van der Waals surface area contributed by atoms with E-state index in [-0.39, 0.29) is 23.6 Å². The predicted octanol–water partition coefficient (Wildman–Crippen LogP) is 3.90. The van der Waals surface area contributed by atoms with E-state index in [9.17, 15) is 18.0 Å². The Morgan fingerprint density at radius 2 is 2.04 bits per heavy atom. The van der Waals surface area contributed by atoms with Crippen LogP contribution in [0.1, 0.15) is 41.1 Å². The maximum atomic E-state index is 12.8. The summed E-state index contributed by atoms with van der Waals surface area (Å²) < 4.78 is 85.8. The van der Waals surface area contributed by atoms with Gasteiger partial charge in [0.15, 0.2) is 0 Å². The number of carbonyl (C=O) groups excluding carboxylic acids is 1. The molecule has 0 bridgehead atoms. The molecular weight excluding hydrogens is 331 g/mol. The number of halogens is 3. The highest BCUT2D eigenvalue weighted by atomic mass is 19.4. The lowest BCUT2D eigenvalue weighted by atomic mass is 10.1. The number of amides is 1. The van der Waals surface area contributed by atoms with Crippen molar-refractivity contribution < 1.29 is 26.2 Å². The number of alkyl halides is 3. The van der Waals surface area contributed by atoms with Crippen molar-refractivity contribution in [1.29, 1.82) is 0 Å². The van der Waals surface area contributed by atoms with Crippen molar-refractivity contribution in [3.8, 4) is 0 Å². The van der Waals surface area contributed by atoms with Crippen LogP contribution in [-0.4, -0.2) is 15.3 Å². The Labute approximate surface area is 150 Å². The first-order valence-corrected chi connectivity index (χ1v) is 7.17. The molecule has 1 N–H and O–H groups in total. The number of nitrogens with one attached hydrogen (secondary N) is 1. The number of aryl methyl sites for hydroxylation is 1. The summed E-state index contributed by atoms with van der Waals surface area (Å²) in [5.41, 5.74) is -1.42. The van der Waals surface area contributed by atoms with Gasteiger partial charge in [-0.2, -0.15) is 13.2 Å². The summed E-state index contributed by atoms with van der Waals surface area (Å²) in [7, 11) is 0. The summed E-state index contributed by atoms with van der Waals surface area (Å²) in [5.74, 6) is -0.757. The Balaban J connectivity index is 1.98. The number of carbonyl (C=O) groups is 1. The van der Waals surface area contributed by atoms with Gasteiger partial charge in [-0.05, 0) is 43.1 Å². The molecule has 130 valence electrons. The van der Waals surface area contributed by atoms with Crippen LogP contribution in [-0.2, 0) is 12.7 Å². The van der Waals surface area contributed by atoms with E-state index in [2.05, 4.69) is 10.3 Å². The van der Waals surface area contributed by atoms with Crippen LogP contribution in [0, 0.1) is 13.8 Å². The molecule has 0 saturated carbocycles. The van der Waals surface area contributed by atoms with Gasteiger partial charge < -0.3 is 5.32 Å². The molecule has 2 heterocycles. The minimum absolute atomic E-state index is 0.106.